The van der Waals surface area contributed by atoms with Crippen LogP contribution in [0.3, 0.4) is 0 Å². The van der Waals surface area contributed by atoms with E-state index in [1.807, 2.05) is 0 Å². The molecule has 0 aliphatic rings. The molecule has 6 heteroatoms. The molecule has 4 nitrogen and oxygen atoms in total. The van der Waals surface area contributed by atoms with Gasteiger partial charge in [0.2, 0.25) is 0 Å². The van der Waals surface area contributed by atoms with E-state index < -0.39 is 22.2 Å². The predicted molar refractivity (Wildman–Crippen MR) is 50.4 cm³/mol. The summed E-state index contributed by atoms with van der Waals surface area (Å²) in [5.74, 6) is -2.33. The van der Waals surface area contributed by atoms with Crippen molar-refractivity contribution < 1.29 is 13.7 Å². The minimum atomic E-state index is -1.23. The SMILES string of the molecule is C[C@@H](N)Cc1cc(F)c(F)cc1[N+](=O)[O-]. The van der Waals surface area contributed by atoms with Crippen molar-refractivity contribution in [3.8, 4) is 0 Å². The largest absolute Gasteiger partial charge is 0.328 e. The van der Waals surface area contributed by atoms with Gasteiger partial charge in [0.25, 0.3) is 5.69 Å². The van der Waals surface area contributed by atoms with Crippen LogP contribution in [0.15, 0.2) is 12.1 Å². The molecule has 0 aliphatic carbocycles. The van der Waals surface area contributed by atoms with E-state index in [4.69, 9.17) is 5.73 Å². The smallest absolute Gasteiger partial charge is 0.275 e. The van der Waals surface area contributed by atoms with Gasteiger partial charge in [-0.25, -0.2) is 8.78 Å². The van der Waals surface area contributed by atoms with E-state index in [-0.39, 0.29) is 18.0 Å². The molecule has 0 amide bonds. The van der Waals surface area contributed by atoms with Gasteiger partial charge in [0.1, 0.15) is 0 Å². The van der Waals surface area contributed by atoms with Crippen LogP contribution >= 0.6 is 0 Å². The molecular weight excluding hydrogens is 206 g/mol. The number of nitrogens with zero attached hydrogens (tertiary/aromatic N) is 1. The van der Waals surface area contributed by atoms with Crippen molar-refractivity contribution in [2.24, 2.45) is 5.73 Å². The molecule has 0 saturated carbocycles. The first kappa shape index (κ1) is 11.5. The van der Waals surface area contributed by atoms with Crippen LogP contribution in [-0.4, -0.2) is 11.0 Å². The lowest BCUT2D eigenvalue weighted by Gasteiger charge is -2.06. The maximum Gasteiger partial charge on any atom is 0.275 e. The van der Waals surface area contributed by atoms with Gasteiger partial charge in [0, 0.05) is 11.6 Å². The highest BCUT2D eigenvalue weighted by molar-refractivity contribution is 5.41. The zero-order valence-corrected chi connectivity index (χ0v) is 8.04. The van der Waals surface area contributed by atoms with Crippen molar-refractivity contribution in [2.75, 3.05) is 0 Å². The van der Waals surface area contributed by atoms with Gasteiger partial charge in [-0.1, -0.05) is 0 Å². The summed E-state index contributed by atoms with van der Waals surface area (Å²) in [5.41, 5.74) is 5.11. The van der Waals surface area contributed by atoms with E-state index in [9.17, 15) is 18.9 Å². The van der Waals surface area contributed by atoms with E-state index in [0.717, 1.165) is 6.07 Å². The molecular formula is C9H10F2N2O2. The fourth-order valence-electron chi connectivity index (χ4n) is 1.26. The van der Waals surface area contributed by atoms with E-state index in [2.05, 4.69) is 0 Å². The molecule has 2 N–H and O–H groups in total. The molecule has 1 rings (SSSR count). The number of nitro benzene ring substituents is 1. The van der Waals surface area contributed by atoms with Gasteiger partial charge >= 0.3 is 0 Å². The second kappa shape index (κ2) is 4.31. The third-order valence-corrected chi connectivity index (χ3v) is 1.86. The molecule has 0 saturated heterocycles. The lowest BCUT2D eigenvalue weighted by Crippen LogP contribution is -2.18. The molecule has 1 aromatic carbocycles. The Morgan fingerprint density at radius 3 is 2.47 bits per heavy atom. The van der Waals surface area contributed by atoms with Crippen LogP contribution in [0.1, 0.15) is 12.5 Å². The summed E-state index contributed by atoms with van der Waals surface area (Å²) in [4.78, 5) is 9.79. The fourth-order valence-corrected chi connectivity index (χ4v) is 1.26. The number of nitro groups is 1. The summed E-state index contributed by atoms with van der Waals surface area (Å²) < 4.78 is 25.6. The van der Waals surface area contributed by atoms with Crippen molar-refractivity contribution in [1.82, 2.24) is 0 Å². The molecule has 0 unspecified atom stereocenters. The van der Waals surface area contributed by atoms with Gasteiger partial charge in [-0.2, -0.15) is 0 Å². The van der Waals surface area contributed by atoms with E-state index in [1.165, 1.54) is 0 Å². The van der Waals surface area contributed by atoms with Crippen molar-refractivity contribution in [1.29, 1.82) is 0 Å². The Labute approximate surface area is 84.9 Å². The van der Waals surface area contributed by atoms with E-state index >= 15 is 0 Å². The van der Waals surface area contributed by atoms with E-state index in [0.29, 0.717) is 6.07 Å². The normalized spacial score (nSPS) is 12.5. The van der Waals surface area contributed by atoms with Crippen LogP contribution in [0.25, 0.3) is 0 Å². The monoisotopic (exact) mass is 216 g/mol. The second-order valence-corrected chi connectivity index (χ2v) is 3.33. The Bertz CT molecular complexity index is 394. The molecule has 0 bridgehead atoms. The summed E-state index contributed by atoms with van der Waals surface area (Å²) in [6.07, 6.45) is 0.132. The van der Waals surface area contributed by atoms with Gasteiger partial charge in [-0.15, -0.1) is 0 Å². The number of benzene rings is 1. The molecule has 0 heterocycles. The van der Waals surface area contributed by atoms with Gasteiger partial charge < -0.3 is 5.73 Å². The quantitative estimate of drug-likeness (QED) is 0.618. The molecule has 0 aliphatic heterocycles. The molecule has 1 aromatic rings. The van der Waals surface area contributed by atoms with Crippen LogP contribution in [0.4, 0.5) is 14.5 Å². The molecule has 0 fully saturated rings. The Hall–Kier alpha value is -1.56. The second-order valence-electron chi connectivity index (χ2n) is 3.33. The number of halogens is 2. The Morgan fingerprint density at radius 1 is 1.47 bits per heavy atom. The summed E-state index contributed by atoms with van der Waals surface area (Å²) >= 11 is 0. The molecule has 0 spiro atoms. The first-order valence-electron chi connectivity index (χ1n) is 4.29. The maximum atomic E-state index is 12.8. The third kappa shape index (κ3) is 2.69. The minimum absolute atomic E-state index is 0.105. The van der Waals surface area contributed by atoms with Crippen LogP contribution < -0.4 is 5.73 Å². The topological polar surface area (TPSA) is 69.2 Å². The highest BCUT2D eigenvalue weighted by Crippen LogP contribution is 2.23. The van der Waals surface area contributed by atoms with Crippen molar-refractivity contribution in [3.63, 3.8) is 0 Å². The molecule has 0 radical (unpaired) electrons. The number of hydrogen-bond donors (Lipinski definition) is 1. The van der Waals surface area contributed by atoms with Crippen LogP contribution in [0.5, 0.6) is 0 Å². The average molecular weight is 216 g/mol. The summed E-state index contributed by atoms with van der Waals surface area (Å²) in [6.45, 7) is 1.63. The molecule has 1 atom stereocenters. The van der Waals surface area contributed by atoms with Crippen LogP contribution in [0, 0.1) is 21.7 Å². The lowest BCUT2D eigenvalue weighted by molar-refractivity contribution is -0.385. The fraction of sp³-hybridized carbons (Fsp3) is 0.333. The maximum absolute atomic E-state index is 12.8. The summed E-state index contributed by atoms with van der Waals surface area (Å²) in [7, 11) is 0. The number of nitrogens with two attached hydrogens (primary N) is 1. The Balaban J connectivity index is 3.22. The van der Waals surface area contributed by atoms with Crippen molar-refractivity contribution >= 4 is 5.69 Å². The lowest BCUT2D eigenvalue weighted by atomic mass is 10.1. The predicted octanol–water partition coefficient (Wildman–Crippen LogP) is 1.76. The first-order valence-corrected chi connectivity index (χ1v) is 4.29. The van der Waals surface area contributed by atoms with E-state index in [1.54, 1.807) is 6.92 Å². The number of hydrogen-bond acceptors (Lipinski definition) is 3. The van der Waals surface area contributed by atoms with Crippen LogP contribution in [0.2, 0.25) is 0 Å². The minimum Gasteiger partial charge on any atom is -0.328 e. The summed E-state index contributed by atoms with van der Waals surface area (Å²) in [6, 6.07) is 1.04. The van der Waals surface area contributed by atoms with Crippen molar-refractivity contribution in [2.45, 2.75) is 19.4 Å². The van der Waals surface area contributed by atoms with Crippen molar-refractivity contribution in [3.05, 3.63) is 39.4 Å². The zero-order chi connectivity index (χ0) is 11.6. The first-order chi connectivity index (χ1) is 6.91. The van der Waals surface area contributed by atoms with Gasteiger partial charge in [-0.3, -0.25) is 10.1 Å². The van der Waals surface area contributed by atoms with Crippen LogP contribution in [-0.2, 0) is 6.42 Å². The van der Waals surface area contributed by atoms with Gasteiger partial charge in [-0.05, 0) is 19.4 Å². The third-order valence-electron chi connectivity index (χ3n) is 1.86. The molecule has 82 valence electrons. The van der Waals surface area contributed by atoms with Gasteiger partial charge in [0.15, 0.2) is 11.6 Å². The molecule has 15 heavy (non-hydrogen) atoms. The Morgan fingerprint density at radius 2 is 2.00 bits per heavy atom. The van der Waals surface area contributed by atoms with Gasteiger partial charge in [0.05, 0.1) is 11.0 Å². The summed E-state index contributed by atoms with van der Waals surface area (Å²) in [5, 5.41) is 10.5. The average Bonchev–Trinajstić information content (AvgIpc) is 2.09. The zero-order valence-electron chi connectivity index (χ0n) is 8.04. The Kier molecular flexibility index (Phi) is 3.31. The number of rotatable bonds is 3. The highest BCUT2D eigenvalue weighted by atomic mass is 19.2. The highest BCUT2D eigenvalue weighted by Gasteiger charge is 2.19. The molecule has 0 aromatic heterocycles. The standard InChI is InChI=1S/C9H10F2N2O2/c1-5(12)2-6-3-7(10)8(11)4-9(6)13(14)15/h3-5H,2,12H2,1H3/t5-/m1/s1.